The molecule has 0 unspecified atom stereocenters. The molecule has 0 spiro atoms. The van der Waals surface area contributed by atoms with Gasteiger partial charge in [0, 0.05) is 24.0 Å². The zero-order chi connectivity index (χ0) is 31.2. The minimum absolute atomic E-state index is 0.0193. The number of carbonyl (C=O) groups is 1. The van der Waals surface area contributed by atoms with E-state index >= 15 is 0 Å². The number of allylic oxidation sites excluding steroid dienone is 2. The first-order chi connectivity index (χ1) is 20.9. The highest BCUT2D eigenvalue weighted by Gasteiger charge is 2.63. The average Bonchev–Trinajstić information content (AvgIpc) is 3.28. The highest BCUT2D eigenvalue weighted by atomic mass is 16.6. The van der Waals surface area contributed by atoms with E-state index in [1.54, 1.807) is 0 Å². The molecule has 2 N–H and O–H groups in total. The van der Waals surface area contributed by atoms with Crippen molar-refractivity contribution in [3.05, 3.63) is 47.5 Å². The van der Waals surface area contributed by atoms with Crippen molar-refractivity contribution in [3.8, 4) is 12.3 Å². The van der Waals surface area contributed by atoms with E-state index in [1.165, 1.54) is 11.1 Å². The van der Waals surface area contributed by atoms with E-state index in [9.17, 15) is 9.90 Å². The van der Waals surface area contributed by atoms with Gasteiger partial charge in [0.15, 0.2) is 6.61 Å². The van der Waals surface area contributed by atoms with Crippen molar-refractivity contribution in [2.45, 2.75) is 115 Å². The van der Waals surface area contributed by atoms with Crippen LogP contribution >= 0.6 is 0 Å². The summed E-state index contributed by atoms with van der Waals surface area (Å²) < 4.78 is 6.04. The van der Waals surface area contributed by atoms with Gasteiger partial charge in [-0.3, -0.25) is 4.79 Å². The van der Waals surface area contributed by atoms with Crippen LogP contribution in [0, 0.1) is 40.9 Å². The van der Waals surface area contributed by atoms with Gasteiger partial charge in [-0.25, -0.2) is 0 Å². The van der Waals surface area contributed by atoms with Crippen LogP contribution in [0.25, 0.3) is 0 Å². The third kappa shape index (κ3) is 5.43. The molecule has 6 heteroatoms. The van der Waals surface area contributed by atoms with Crippen LogP contribution in [0.1, 0.15) is 104 Å². The Kier molecular flexibility index (Phi) is 8.29. The number of oxime groups is 1. The molecule has 1 aromatic carbocycles. The molecule has 44 heavy (non-hydrogen) atoms. The summed E-state index contributed by atoms with van der Waals surface area (Å²) in [6.45, 7) is 10.3. The maximum atomic E-state index is 12.7. The highest BCUT2D eigenvalue weighted by molar-refractivity contribution is 5.96. The number of aliphatic hydroxyl groups is 1. The maximum Gasteiger partial charge on any atom is 0.260 e. The molecular formula is C38H52N2O4. The average molecular weight is 601 g/mol. The molecule has 238 valence electrons. The number of ether oxygens (including phenoxy) is 1. The lowest BCUT2D eigenvalue weighted by molar-refractivity contribution is -0.125. The molecule has 1 saturated heterocycles. The highest BCUT2D eigenvalue weighted by Crippen LogP contribution is 2.67. The van der Waals surface area contributed by atoms with E-state index in [-0.39, 0.29) is 34.4 Å². The Morgan fingerprint density at radius 2 is 1.84 bits per heavy atom. The molecular weight excluding hydrogens is 548 g/mol. The summed E-state index contributed by atoms with van der Waals surface area (Å²) in [4.78, 5) is 18.3. The van der Waals surface area contributed by atoms with Crippen molar-refractivity contribution >= 4 is 11.6 Å². The van der Waals surface area contributed by atoms with Crippen LogP contribution < -0.4 is 5.32 Å². The number of nitrogens with one attached hydrogen (secondary N) is 1. The molecule has 1 aromatic rings. The van der Waals surface area contributed by atoms with E-state index in [0.717, 1.165) is 82.9 Å². The first kappa shape index (κ1) is 31.4. The minimum Gasteiger partial charge on any atom is -0.385 e. The van der Waals surface area contributed by atoms with Crippen molar-refractivity contribution < 1.29 is 19.5 Å². The number of terminal acetylenes is 1. The predicted molar refractivity (Wildman–Crippen MR) is 174 cm³/mol. The van der Waals surface area contributed by atoms with Crippen molar-refractivity contribution in [2.75, 3.05) is 19.8 Å². The van der Waals surface area contributed by atoms with E-state index in [2.05, 4.69) is 80.5 Å². The molecule has 4 aliphatic carbocycles. The Bertz CT molecular complexity index is 1350. The second-order valence-electron chi connectivity index (χ2n) is 15.6. The van der Waals surface area contributed by atoms with Crippen LogP contribution in [0.2, 0.25) is 0 Å². The quantitative estimate of drug-likeness (QED) is 0.269. The second-order valence-corrected chi connectivity index (χ2v) is 15.6. The summed E-state index contributed by atoms with van der Waals surface area (Å²) in [7, 11) is 0. The molecule has 1 heterocycles. The zero-order valence-corrected chi connectivity index (χ0v) is 27.3. The fourth-order valence-electron chi connectivity index (χ4n) is 10.4. The van der Waals surface area contributed by atoms with Gasteiger partial charge in [-0.2, -0.15) is 0 Å². The number of carbonyl (C=O) groups excluding carboxylic acids is 1. The Hall–Kier alpha value is -2.62. The summed E-state index contributed by atoms with van der Waals surface area (Å²) in [6, 6.07) is 10.7. The summed E-state index contributed by atoms with van der Waals surface area (Å²) in [5.74, 6) is 4.39. The molecule has 0 radical (unpaired) electrons. The largest absolute Gasteiger partial charge is 0.385 e. The van der Waals surface area contributed by atoms with Gasteiger partial charge in [-0.15, -0.1) is 6.42 Å². The van der Waals surface area contributed by atoms with Gasteiger partial charge < -0.3 is 20.0 Å². The minimum atomic E-state index is -0.958. The molecule has 3 saturated carbocycles. The first-order valence-corrected chi connectivity index (χ1v) is 17.0. The SMILES string of the molecule is C#C[C@]1(O)CC[C@@H]2[C@@H]3CCC4=CC(=NOCC(=O)NCC[C@@]5(c6ccccc6)CCOC(C)(C)C5)CC[C@]4(C)[C@@H]3CC[C@@]21C. The number of hydrogen-bond donors (Lipinski definition) is 2. The number of nitrogens with zero attached hydrogens (tertiary/aromatic N) is 1. The van der Waals surface area contributed by atoms with Crippen LogP contribution in [0.4, 0.5) is 0 Å². The number of hydrogen-bond acceptors (Lipinski definition) is 5. The predicted octanol–water partition coefficient (Wildman–Crippen LogP) is 6.72. The van der Waals surface area contributed by atoms with Crippen LogP contribution in [0.5, 0.6) is 0 Å². The van der Waals surface area contributed by atoms with Crippen molar-refractivity contribution in [3.63, 3.8) is 0 Å². The van der Waals surface area contributed by atoms with E-state index in [1.807, 2.05) is 0 Å². The Morgan fingerprint density at radius 3 is 2.59 bits per heavy atom. The second kappa shape index (κ2) is 11.6. The van der Waals surface area contributed by atoms with Gasteiger partial charge in [-0.05, 0) is 119 Å². The van der Waals surface area contributed by atoms with Gasteiger partial charge in [0.1, 0.15) is 5.60 Å². The molecule has 5 aliphatic rings. The summed E-state index contributed by atoms with van der Waals surface area (Å²) in [5.41, 5.74) is 2.57. The fraction of sp³-hybridized carbons (Fsp3) is 0.684. The van der Waals surface area contributed by atoms with E-state index in [4.69, 9.17) is 16.0 Å². The molecule has 6 nitrogen and oxygen atoms in total. The summed E-state index contributed by atoms with van der Waals surface area (Å²) in [5, 5.41) is 18.8. The van der Waals surface area contributed by atoms with Gasteiger partial charge in [0.05, 0.1) is 11.3 Å². The number of amides is 1. The lowest BCUT2D eigenvalue weighted by Crippen LogP contribution is -2.54. The van der Waals surface area contributed by atoms with Gasteiger partial charge in [-0.1, -0.05) is 60.8 Å². The number of rotatable bonds is 7. The molecule has 1 amide bonds. The van der Waals surface area contributed by atoms with Crippen LogP contribution in [0.15, 0.2) is 47.1 Å². The van der Waals surface area contributed by atoms with Gasteiger partial charge in [0.2, 0.25) is 0 Å². The monoisotopic (exact) mass is 600 g/mol. The van der Waals surface area contributed by atoms with Crippen molar-refractivity contribution in [1.29, 1.82) is 0 Å². The molecule has 0 aromatic heterocycles. The Labute approximate surface area is 264 Å². The topological polar surface area (TPSA) is 80.2 Å². The van der Waals surface area contributed by atoms with Crippen LogP contribution in [0.3, 0.4) is 0 Å². The van der Waals surface area contributed by atoms with Gasteiger partial charge >= 0.3 is 0 Å². The van der Waals surface area contributed by atoms with Crippen molar-refractivity contribution in [1.82, 2.24) is 5.32 Å². The smallest absolute Gasteiger partial charge is 0.260 e. The third-order valence-electron chi connectivity index (χ3n) is 12.9. The first-order valence-electron chi connectivity index (χ1n) is 17.0. The molecule has 0 bridgehead atoms. The van der Waals surface area contributed by atoms with E-state index < -0.39 is 5.60 Å². The fourth-order valence-corrected chi connectivity index (χ4v) is 10.4. The summed E-state index contributed by atoms with van der Waals surface area (Å²) >= 11 is 0. The molecule has 4 fully saturated rings. The lowest BCUT2D eigenvalue weighted by atomic mass is 9.46. The summed E-state index contributed by atoms with van der Waals surface area (Å²) in [6.07, 6.45) is 18.9. The van der Waals surface area contributed by atoms with E-state index in [0.29, 0.717) is 24.3 Å². The number of benzene rings is 1. The standard InChI is InChI=1S/C38H52N2O4/c1-6-38(42)19-16-32-30-13-12-28-24-29(14-17-35(28,4)31(30)15-18-36(32,38)5)40-44-25-33(41)39-22-20-37(27-10-8-7-9-11-27)21-23-43-34(2,3)26-37/h1,7-11,24,30-32,42H,12-23,25-26H2,2-5H3,(H,39,41)/t30-,31-,32-,35+,36+,37-,38+/m1/s1. The number of fused-ring (bicyclic) bond motifs is 5. The molecule has 6 rings (SSSR count). The normalized spacial score (nSPS) is 40.1. The zero-order valence-electron chi connectivity index (χ0n) is 27.3. The van der Waals surface area contributed by atoms with Gasteiger partial charge in [0.25, 0.3) is 5.91 Å². The van der Waals surface area contributed by atoms with Crippen molar-refractivity contribution in [2.24, 2.45) is 33.7 Å². The Balaban J connectivity index is 1.03. The third-order valence-corrected chi connectivity index (χ3v) is 12.9. The Morgan fingerprint density at radius 1 is 1.07 bits per heavy atom. The van der Waals surface area contributed by atoms with Crippen LogP contribution in [-0.4, -0.2) is 47.7 Å². The van der Waals surface area contributed by atoms with Crippen LogP contribution in [-0.2, 0) is 19.8 Å². The lowest BCUT2D eigenvalue weighted by Gasteiger charge is -2.58. The maximum absolute atomic E-state index is 12.7. The molecule has 1 aliphatic heterocycles. The molecule has 7 atom stereocenters.